The first-order chi connectivity index (χ1) is 9.24. The van der Waals surface area contributed by atoms with Crippen molar-refractivity contribution in [1.82, 2.24) is 9.97 Å². The van der Waals surface area contributed by atoms with Crippen LogP contribution in [0.5, 0.6) is 0 Å². The van der Waals surface area contributed by atoms with Crippen LogP contribution in [0.2, 0.25) is 0 Å². The molecule has 0 aliphatic heterocycles. The van der Waals surface area contributed by atoms with Gasteiger partial charge >= 0.3 is 5.97 Å². The van der Waals surface area contributed by atoms with Crippen LogP contribution in [0.25, 0.3) is 10.9 Å². The zero-order valence-electron chi connectivity index (χ0n) is 10.5. The van der Waals surface area contributed by atoms with Crippen molar-refractivity contribution in [2.24, 2.45) is 5.92 Å². The highest BCUT2D eigenvalue weighted by atomic mass is 16.4. The maximum Gasteiger partial charge on any atom is 0.336 e. The van der Waals surface area contributed by atoms with E-state index in [0.29, 0.717) is 16.9 Å². The van der Waals surface area contributed by atoms with Crippen LogP contribution in [0.3, 0.4) is 0 Å². The molecule has 1 aromatic heterocycles. The number of nitrogens with zero attached hydrogens (tertiary/aromatic N) is 2. The van der Waals surface area contributed by atoms with Crippen molar-refractivity contribution in [3.8, 4) is 0 Å². The molecular weight excluding hydrogens is 242 g/mol. The van der Waals surface area contributed by atoms with Crippen molar-refractivity contribution in [2.45, 2.75) is 19.3 Å². The van der Waals surface area contributed by atoms with Crippen LogP contribution >= 0.6 is 0 Å². The minimum absolute atomic E-state index is 0.239. The van der Waals surface area contributed by atoms with Gasteiger partial charge in [-0.2, -0.15) is 0 Å². The minimum Gasteiger partial charge on any atom is -0.478 e. The van der Waals surface area contributed by atoms with E-state index in [9.17, 15) is 4.79 Å². The molecule has 2 aromatic rings. The summed E-state index contributed by atoms with van der Waals surface area (Å²) >= 11 is 0. The fraction of sp³-hybridized carbons (Fsp3) is 0.357. The Bertz CT molecular complexity index is 623. The molecule has 5 heteroatoms. The lowest BCUT2D eigenvalue weighted by Crippen LogP contribution is -2.21. The molecule has 1 aliphatic rings. The third-order valence-corrected chi connectivity index (χ3v) is 3.63. The largest absolute Gasteiger partial charge is 0.478 e. The molecule has 98 valence electrons. The van der Waals surface area contributed by atoms with E-state index in [1.165, 1.54) is 19.3 Å². The van der Waals surface area contributed by atoms with Crippen LogP contribution in [-0.2, 0) is 0 Å². The summed E-state index contributed by atoms with van der Waals surface area (Å²) in [6.45, 7) is 0.893. The number of aromatic carboxylic acids is 1. The van der Waals surface area contributed by atoms with Gasteiger partial charge in [-0.15, -0.1) is 0 Å². The third kappa shape index (κ3) is 2.36. The molecule has 3 rings (SSSR count). The van der Waals surface area contributed by atoms with Gasteiger partial charge in [-0.1, -0.05) is 12.5 Å². The lowest BCUT2D eigenvalue weighted by Gasteiger charge is -2.25. The second-order valence-corrected chi connectivity index (χ2v) is 4.91. The molecule has 1 aromatic carbocycles. The average Bonchev–Trinajstić information content (AvgIpc) is 2.35. The molecular formula is C14H15N3O2. The lowest BCUT2D eigenvalue weighted by atomic mass is 9.85. The van der Waals surface area contributed by atoms with Crippen LogP contribution in [0.1, 0.15) is 29.6 Å². The number of hydrogen-bond acceptors (Lipinski definition) is 4. The fourth-order valence-corrected chi connectivity index (χ4v) is 2.26. The van der Waals surface area contributed by atoms with E-state index in [1.54, 1.807) is 24.4 Å². The van der Waals surface area contributed by atoms with Crippen LogP contribution in [0.4, 0.5) is 5.95 Å². The molecule has 1 aliphatic carbocycles. The number of aromatic nitrogens is 2. The van der Waals surface area contributed by atoms with Crippen LogP contribution in [-0.4, -0.2) is 27.6 Å². The van der Waals surface area contributed by atoms with Gasteiger partial charge in [0.1, 0.15) is 0 Å². The first-order valence-corrected chi connectivity index (χ1v) is 6.47. The molecule has 1 heterocycles. The Morgan fingerprint density at radius 3 is 2.95 bits per heavy atom. The molecule has 1 fully saturated rings. The van der Waals surface area contributed by atoms with Gasteiger partial charge in [0.05, 0.1) is 11.1 Å². The number of carbonyl (C=O) groups is 1. The summed E-state index contributed by atoms with van der Waals surface area (Å²) in [6, 6.07) is 5.07. The Morgan fingerprint density at radius 1 is 1.42 bits per heavy atom. The van der Waals surface area contributed by atoms with Crippen LogP contribution in [0.15, 0.2) is 24.4 Å². The Morgan fingerprint density at radius 2 is 2.26 bits per heavy atom. The summed E-state index contributed by atoms with van der Waals surface area (Å²) in [4.78, 5) is 19.6. The van der Waals surface area contributed by atoms with Crippen LogP contribution < -0.4 is 5.32 Å². The monoisotopic (exact) mass is 257 g/mol. The molecule has 0 saturated heterocycles. The highest BCUT2D eigenvalue weighted by molar-refractivity contribution is 6.02. The van der Waals surface area contributed by atoms with Crippen molar-refractivity contribution >= 4 is 22.8 Å². The number of nitrogens with one attached hydrogen (secondary N) is 1. The van der Waals surface area contributed by atoms with E-state index in [4.69, 9.17) is 5.11 Å². The van der Waals surface area contributed by atoms with Gasteiger partial charge in [0, 0.05) is 18.1 Å². The zero-order chi connectivity index (χ0) is 13.2. The first kappa shape index (κ1) is 11.9. The Kier molecular flexibility index (Phi) is 3.03. The summed E-state index contributed by atoms with van der Waals surface area (Å²) in [6.07, 6.45) is 5.43. The molecule has 0 spiro atoms. The van der Waals surface area contributed by atoms with E-state index >= 15 is 0 Å². The summed E-state index contributed by atoms with van der Waals surface area (Å²) in [5.74, 6) is 0.343. The number of anilines is 1. The van der Waals surface area contributed by atoms with Gasteiger partial charge in [-0.25, -0.2) is 14.8 Å². The normalized spacial score (nSPS) is 15.2. The van der Waals surface area contributed by atoms with Crippen molar-refractivity contribution in [1.29, 1.82) is 0 Å². The summed E-state index contributed by atoms with van der Waals surface area (Å²) in [5.41, 5.74) is 0.897. The quantitative estimate of drug-likeness (QED) is 0.880. The first-order valence-electron chi connectivity index (χ1n) is 6.47. The van der Waals surface area contributed by atoms with Crippen LogP contribution in [0, 0.1) is 5.92 Å². The standard InChI is InChI=1S/C14H15N3O2/c18-13(19)10-5-2-6-12-11(10)8-16-14(17-12)15-7-9-3-1-4-9/h2,5-6,8-9H,1,3-4,7H2,(H,18,19)(H,15,16,17). The highest BCUT2D eigenvalue weighted by Gasteiger charge is 2.17. The van der Waals surface area contributed by atoms with E-state index in [0.717, 1.165) is 12.5 Å². The van der Waals surface area contributed by atoms with E-state index < -0.39 is 5.97 Å². The van der Waals surface area contributed by atoms with E-state index in [-0.39, 0.29) is 5.56 Å². The predicted octanol–water partition coefficient (Wildman–Crippen LogP) is 2.54. The molecule has 0 amide bonds. The number of fused-ring (bicyclic) bond motifs is 1. The van der Waals surface area contributed by atoms with Gasteiger partial charge in [0.15, 0.2) is 0 Å². The maximum absolute atomic E-state index is 11.1. The fourth-order valence-electron chi connectivity index (χ4n) is 2.26. The summed E-state index contributed by atoms with van der Waals surface area (Å²) in [5, 5.41) is 12.9. The van der Waals surface area contributed by atoms with Crippen molar-refractivity contribution in [3.05, 3.63) is 30.0 Å². The predicted molar refractivity (Wildman–Crippen MR) is 72.3 cm³/mol. The number of carboxylic acids is 1. The second-order valence-electron chi connectivity index (χ2n) is 4.91. The van der Waals surface area contributed by atoms with Gasteiger partial charge in [0.2, 0.25) is 5.95 Å². The molecule has 0 atom stereocenters. The number of benzene rings is 1. The third-order valence-electron chi connectivity index (χ3n) is 3.63. The molecule has 0 unspecified atom stereocenters. The summed E-state index contributed by atoms with van der Waals surface area (Å²) < 4.78 is 0. The number of rotatable bonds is 4. The molecule has 5 nitrogen and oxygen atoms in total. The highest BCUT2D eigenvalue weighted by Crippen LogP contribution is 2.26. The maximum atomic E-state index is 11.1. The molecule has 19 heavy (non-hydrogen) atoms. The Labute approximate surface area is 110 Å². The van der Waals surface area contributed by atoms with Crippen molar-refractivity contribution in [3.63, 3.8) is 0 Å². The smallest absolute Gasteiger partial charge is 0.336 e. The molecule has 0 bridgehead atoms. The number of carboxylic acid groups (broad SMARTS) is 1. The van der Waals surface area contributed by atoms with Gasteiger partial charge in [-0.3, -0.25) is 0 Å². The summed E-state index contributed by atoms with van der Waals surface area (Å²) in [7, 11) is 0. The molecule has 0 radical (unpaired) electrons. The number of hydrogen-bond donors (Lipinski definition) is 2. The lowest BCUT2D eigenvalue weighted by molar-refractivity contribution is 0.0699. The SMILES string of the molecule is O=C(O)c1cccc2nc(NCC3CCC3)ncc12. The van der Waals surface area contributed by atoms with Gasteiger partial charge in [-0.05, 0) is 30.9 Å². The molecule has 1 saturated carbocycles. The van der Waals surface area contributed by atoms with Crippen molar-refractivity contribution < 1.29 is 9.90 Å². The zero-order valence-corrected chi connectivity index (χ0v) is 10.5. The topological polar surface area (TPSA) is 75.1 Å². The minimum atomic E-state index is -0.954. The second kappa shape index (κ2) is 4.84. The van der Waals surface area contributed by atoms with Gasteiger partial charge in [0.25, 0.3) is 0 Å². The average molecular weight is 257 g/mol. The Hall–Kier alpha value is -2.17. The van der Waals surface area contributed by atoms with Crippen molar-refractivity contribution in [2.75, 3.05) is 11.9 Å². The Balaban J connectivity index is 1.86. The van der Waals surface area contributed by atoms with E-state index in [1.807, 2.05) is 0 Å². The van der Waals surface area contributed by atoms with E-state index in [2.05, 4.69) is 15.3 Å². The van der Waals surface area contributed by atoms with Gasteiger partial charge < -0.3 is 10.4 Å². The molecule has 2 N–H and O–H groups in total.